The summed E-state index contributed by atoms with van der Waals surface area (Å²) in [7, 11) is 5.96. The van der Waals surface area contributed by atoms with E-state index in [1.165, 1.54) is 372 Å². The number of nitrogens with zero attached hydrogens (tertiary/aromatic N) is 1. The van der Waals surface area contributed by atoms with Crippen molar-refractivity contribution in [1.82, 2.24) is 0 Å². The SMILES string of the molecule is CCCCCCC/C=C\C/C=C\C/C=C\CCCCCCCCCCCCCCCCCCCCCCCCCCC(=O)OC(COC(=O)CCCCCCCCCCCCCCCCCCCCCCCCC/C=C\CCCCCCCCCC)COC(OCC[N+](C)(C)C)C(=O)[O-]. The Morgan fingerprint density at radius 3 is 0.818 bits per heavy atom. The Morgan fingerprint density at radius 1 is 0.303 bits per heavy atom. The van der Waals surface area contributed by atoms with Crippen molar-refractivity contribution >= 4 is 17.9 Å². The highest BCUT2D eigenvalue weighted by Crippen LogP contribution is 2.20. The van der Waals surface area contributed by atoms with Gasteiger partial charge in [-0.3, -0.25) is 9.59 Å². The van der Waals surface area contributed by atoms with Gasteiger partial charge >= 0.3 is 11.9 Å². The number of carbonyl (C=O) groups excluding carboxylic acids is 3. The number of carboxylic acids is 1. The second-order valence-corrected chi connectivity index (χ2v) is 31.2. The van der Waals surface area contributed by atoms with Gasteiger partial charge in [-0.25, -0.2) is 0 Å². The summed E-state index contributed by atoms with van der Waals surface area (Å²) in [6.07, 6.45) is 104. The predicted molar refractivity (Wildman–Crippen MR) is 426 cm³/mol. The van der Waals surface area contributed by atoms with Gasteiger partial charge in [0.25, 0.3) is 0 Å². The predicted octanol–water partition coefficient (Wildman–Crippen LogP) is 27.0. The minimum absolute atomic E-state index is 0.151. The molecule has 0 aliphatic carbocycles. The molecule has 0 fully saturated rings. The molecule has 0 radical (unpaired) electrons. The van der Waals surface area contributed by atoms with Gasteiger partial charge in [-0.15, -0.1) is 0 Å². The molecule has 0 aliphatic heterocycles. The molecule has 2 unspecified atom stereocenters. The molecule has 0 aromatic carbocycles. The molecule has 0 amide bonds. The van der Waals surface area contributed by atoms with Gasteiger partial charge in [0.15, 0.2) is 12.4 Å². The average molecular weight is 1390 g/mol. The van der Waals surface area contributed by atoms with Crippen molar-refractivity contribution in [2.45, 2.75) is 463 Å². The van der Waals surface area contributed by atoms with Gasteiger partial charge in [-0.1, -0.05) is 409 Å². The monoisotopic (exact) mass is 1390 g/mol. The zero-order valence-electron chi connectivity index (χ0n) is 66.9. The molecule has 0 saturated carbocycles. The summed E-state index contributed by atoms with van der Waals surface area (Å²) in [5.41, 5.74) is 0. The molecule has 0 aromatic rings. The van der Waals surface area contributed by atoms with Crippen LogP contribution < -0.4 is 5.11 Å². The molecule has 0 aliphatic rings. The largest absolute Gasteiger partial charge is 0.545 e. The van der Waals surface area contributed by atoms with Crippen molar-refractivity contribution in [2.75, 3.05) is 47.5 Å². The zero-order valence-corrected chi connectivity index (χ0v) is 66.9. The van der Waals surface area contributed by atoms with Crippen LogP contribution in [0.2, 0.25) is 0 Å². The summed E-state index contributed by atoms with van der Waals surface area (Å²) in [5.74, 6) is -2.25. The Labute approximate surface area is 616 Å². The van der Waals surface area contributed by atoms with Crippen LogP contribution >= 0.6 is 0 Å². The molecule has 0 saturated heterocycles. The Balaban J connectivity index is 3.92. The topological polar surface area (TPSA) is 111 Å². The van der Waals surface area contributed by atoms with Crippen LogP contribution in [0.4, 0.5) is 0 Å². The van der Waals surface area contributed by atoms with Gasteiger partial charge in [-0.05, 0) is 77.0 Å². The molecule has 99 heavy (non-hydrogen) atoms. The highest BCUT2D eigenvalue weighted by atomic mass is 16.7. The smallest absolute Gasteiger partial charge is 0.306 e. The number of carboxylic acid groups (broad SMARTS) is 1. The number of rotatable bonds is 83. The molecule has 0 bridgehead atoms. The van der Waals surface area contributed by atoms with Crippen molar-refractivity contribution in [3.63, 3.8) is 0 Å². The quantitative estimate of drug-likeness (QED) is 0.0195. The summed E-state index contributed by atoms with van der Waals surface area (Å²) >= 11 is 0. The van der Waals surface area contributed by atoms with E-state index in [1.54, 1.807) is 0 Å². The molecule has 9 heteroatoms. The lowest BCUT2D eigenvalue weighted by Gasteiger charge is -2.26. The van der Waals surface area contributed by atoms with E-state index in [2.05, 4.69) is 62.5 Å². The summed E-state index contributed by atoms with van der Waals surface area (Å²) in [5, 5.41) is 11.9. The number of hydrogen-bond acceptors (Lipinski definition) is 8. The van der Waals surface area contributed by atoms with Gasteiger partial charge < -0.3 is 33.3 Å². The van der Waals surface area contributed by atoms with Gasteiger partial charge in [0, 0.05) is 12.8 Å². The third-order valence-corrected chi connectivity index (χ3v) is 20.0. The number of ether oxygens (including phenoxy) is 4. The molecule has 0 aromatic heterocycles. The van der Waals surface area contributed by atoms with Crippen molar-refractivity contribution in [1.29, 1.82) is 0 Å². The molecule has 0 heterocycles. The highest BCUT2D eigenvalue weighted by Gasteiger charge is 2.22. The first-order valence-corrected chi connectivity index (χ1v) is 43.8. The molecule has 0 rings (SSSR count). The van der Waals surface area contributed by atoms with Crippen LogP contribution in [-0.4, -0.2) is 82.3 Å². The van der Waals surface area contributed by atoms with Gasteiger partial charge in [0.2, 0.25) is 0 Å². The number of esters is 2. The first-order valence-electron chi connectivity index (χ1n) is 43.8. The van der Waals surface area contributed by atoms with E-state index in [-0.39, 0.29) is 32.2 Å². The Morgan fingerprint density at radius 2 is 0.545 bits per heavy atom. The summed E-state index contributed by atoms with van der Waals surface area (Å²) in [6, 6.07) is 0. The van der Waals surface area contributed by atoms with Crippen LogP contribution in [-0.2, 0) is 33.3 Å². The van der Waals surface area contributed by atoms with E-state index in [4.69, 9.17) is 18.9 Å². The molecular weight excluding hydrogens is 1220 g/mol. The second kappa shape index (κ2) is 80.9. The maximum atomic E-state index is 13.0. The average Bonchev–Trinajstić information content (AvgIpc) is 1.14. The number of allylic oxidation sites excluding steroid dienone is 8. The molecule has 582 valence electrons. The fourth-order valence-corrected chi connectivity index (χ4v) is 13.4. The summed E-state index contributed by atoms with van der Waals surface area (Å²) in [6.45, 7) is 4.82. The number of carbonyl (C=O) groups is 3. The second-order valence-electron chi connectivity index (χ2n) is 31.2. The number of likely N-dealkylation sites (N-methyl/N-ethyl adjacent to an activating group) is 1. The number of hydrogen-bond donors (Lipinski definition) is 0. The summed E-state index contributed by atoms with van der Waals surface area (Å²) in [4.78, 5) is 37.7. The van der Waals surface area contributed by atoms with E-state index in [9.17, 15) is 19.5 Å². The molecular formula is C90H169NO8. The Kier molecular flexibility index (Phi) is 78.7. The van der Waals surface area contributed by atoms with Crippen LogP contribution in [0.1, 0.15) is 450 Å². The van der Waals surface area contributed by atoms with Gasteiger partial charge in [0.1, 0.15) is 13.2 Å². The Bertz CT molecular complexity index is 1770. The van der Waals surface area contributed by atoms with Crippen LogP contribution in [0, 0.1) is 0 Å². The van der Waals surface area contributed by atoms with Crippen molar-refractivity contribution in [3.8, 4) is 0 Å². The molecule has 9 nitrogen and oxygen atoms in total. The third-order valence-electron chi connectivity index (χ3n) is 20.0. The fourth-order valence-electron chi connectivity index (χ4n) is 13.4. The van der Waals surface area contributed by atoms with E-state index in [1.807, 2.05) is 21.1 Å². The van der Waals surface area contributed by atoms with Crippen LogP contribution in [0.3, 0.4) is 0 Å². The zero-order chi connectivity index (χ0) is 71.8. The van der Waals surface area contributed by atoms with Gasteiger partial charge in [-0.2, -0.15) is 0 Å². The van der Waals surface area contributed by atoms with E-state index in [0.29, 0.717) is 17.4 Å². The molecule has 2 atom stereocenters. The van der Waals surface area contributed by atoms with Crippen LogP contribution in [0.25, 0.3) is 0 Å². The van der Waals surface area contributed by atoms with Crippen LogP contribution in [0.5, 0.6) is 0 Å². The minimum Gasteiger partial charge on any atom is -0.545 e. The maximum Gasteiger partial charge on any atom is 0.306 e. The van der Waals surface area contributed by atoms with Crippen LogP contribution in [0.15, 0.2) is 48.6 Å². The first-order chi connectivity index (χ1) is 48.6. The molecule has 0 spiro atoms. The number of quaternary nitrogens is 1. The maximum absolute atomic E-state index is 13.0. The Hall–Kier alpha value is -2.75. The first kappa shape index (κ1) is 96.2. The van der Waals surface area contributed by atoms with E-state index < -0.39 is 24.3 Å². The minimum atomic E-state index is -1.62. The van der Waals surface area contributed by atoms with Crippen molar-refractivity contribution in [2.24, 2.45) is 0 Å². The van der Waals surface area contributed by atoms with Crippen molar-refractivity contribution in [3.05, 3.63) is 48.6 Å². The van der Waals surface area contributed by atoms with E-state index in [0.717, 1.165) is 51.4 Å². The van der Waals surface area contributed by atoms with E-state index >= 15 is 0 Å². The lowest BCUT2D eigenvalue weighted by Crippen LogP contribution is -2.44. The van der Waals surface area contributed by atoms with Gasteiger partial charge in [0.05, 0.1) is 40.3 Å². The van der Waals surface area contributed by atoms with Crippen molar-refractivity contribution < 1.29 is 42.9 Å². The lowest BCUT2D eigenvalue weighted by atomic mass is 10.0. The highest BCUT2D eigenvalue weighted by molar-refractivity contribution is 5.70. The summed E-state index contributed by atoms with van der Waals surface area (Å²) < 4.78 is 22.9. The third kappa shape index (κ3) is 82.4. The fraction of sp³-hybridized carbons (Fsp3) is 0.878. The number of aliphatic carboxylic acids is 1. The number of unbranched alkanes of at least 4 members (excludes halogenated alkanes) is 60. The lowest BCUT2D eigenvalue weighted by molar-refractivity contribution is -0.870. The standard InChI is InChI=1S/C90H169NO8/c1-6-8-10-12-14-16-18-20-22-24-26-28-30-32-34-36-38-40-42-43-44-45-47-49-51-53-55-57-59-61-63-65-67-69-71-73-75-77-79-81-88(93)99-86(85-98-90(89(94)95)96-83-82-91(3,4)5)84-97-87(92)80-78-76-74-72-70-68-66-64-62-60-58-56-54-52-50-48-46-41-39-37-35-33-31-29-27-25-23-21-19-17-15-13-11-9-7-2/h18,20,24-27,30,32,86,90H,6-17,19,21-23,28-29,31,33-85H2,1-5H3/b20-18-,26-24-,27-25-,32-30-. The molecule has 0 N–H and O–H groups in total. The normalized spacial score (nSPS) is 12.8.